The summed E-state index contributed by atoms with van der Waals surface area (Å²) in [5.74, 6) is -2.03. The zero-order valence-electron chi connectivity index (χ0n) is 10.4. The van der Waals surface area contributed by atoms with Crippen molar-refractivity contribution in [1.82, 2.24) is 4.98 Å². The maximum atomic E-state index is 13.4. The van der Waals surface area contributed by atoms with Crippen LogP contribution in [0, 0.1) is 11.6 Å². The molecule has 9 heteroatoms. The third kappa shape index (κ3) is 5.35. The van der Waals surface area contributed by atoms with E-state index in [1.165, 1.54) is 0 Å². The molecule has 0 radical (unpaired) electrons. The Labute approximate surface area is 110 Å². The molecule has 6 nitrogen and oxygen atoms in total. The van der Waals surface area contributed by atoms with Crippen LogP contribution in [0.5, 0.6) is 0 Å². The smallest absolute Gasteiger partial charge is 0.209 e. The number of hydrogen-bond acceptors (Lipinski definition) is 5. The van der Waals surface area contributed by atoms with Crippen molar-refractivity contribution in [3.8, 4) is 0 Å². The first-order chi connectivity index (χ1) is 8.83. The molecular formula is C10H16F2N4O2S. The van der Waals surface area contributed by atoms with E-state index in [1.54, 1.807) is 6.92 Å². The minimum Gasteiger partial charge on any atom is -0.368 e. The summed E-state index contributed by atoms with van der Waals surface area (Å²) in [5.41, 5.74) is 0. The molecule has 0 aromatic carbocycles. The molecule has 0 spiro atoms. The zero-order chi connectivity index (χ0) is 14.5. The largest absolute Gasteiger partial charge is 0.368 e. The highest BCUT2D eigenvalue weighted by atomic mass is 32.2. The van der Waals surface area contributed by atoms with Gasteiger partial charge in [0, 0.05) is 19.2 Å². The quantitative estimate of drug-likeness (QED) is 0.649. The maximum absolute atomic E-state index is 13.4. The van der Waals surface area contributed by atoms with Crippen LogP contribution < -0.4 is 15.8 Å². The van der Waals surface area contributed by atoms with Crippen LogP contribution in [0.1, 0.15) is 13.3 Å². The summed E-state index contributed by atoms with van der Waals surface area (Å²) in [6, 6.07) is 0.715. The molecule has 0 unspecified atom stereocenters. The zero-order valence-corrected chi connectivity index (χ0v) is 11.2. The van der Waals surface area contributed by atoms with Gasteiger partial charge in [0.15, 0.2) is 23.3 Å². The van der Waals surface area contributed by atoms with Gasteiger partial charge in [0.25, 0.3) is 0 Å². The molecule has 0 aliphatic heterocycles. The predicted octanol–water partition coefficient (Wildman–Crippen LogP) is 0.882. The standard InChI is InChI=1S/C10H16F2N4O2S/c1-2-14-9-7(11)6-8(12)10(16-9)15-4-3-5-19(13,17)18/h6H,2-5H2,1H3,(H2,13,17,18)(H2,14,15,16). The summed E-state index contributed by atoms with van der Waals surface area (Å²) >= 11 is 0. The molecule has 1 rings (SSSR count). The normalized spacial score (nSPS) is 11.4. The third-order valence-electron chi connectivity index (χ3n) is 2.17. The first-order valence-electron chi connectivity index (χ1n) is 5.67. The van der Waals surface area contributed by atoms with E-state index in [-0.39, 0.29) is 30.4 Å². The summed E-state index contributed by atoms with van der Waals surface area (Å²) in [6.45, 7) is 2.36. The van der Waals surface area contributed by atoms with Crippen molar-refractivity contribution in [3.05, 3.63) is 17.7 Å². The molecule has 1 heterocycles. The fourth-order valence-corrected chi connectivity index (χ4v) is 1.91. The Kier molecular flexibility index (Phi) is 5.43. The van der Waals surface area contributed by atoms with Crippen LogP contribution in [0.25, 0.3) is 0 Å². The number of nitrogens with one attached hydrogen (secondary N) is 2. The van der Waals surface area contributed by atoms with Gasteiger partial charge in [-0.3, -0.25) is 0 Å². The van der Waals surface area contributed by atoms with Gasteiger partial charge in [0.1, 0.15) is 0 Å². The molecule has 0 fully saturated rings. The first kappa shape index (κ1) is 15.6. The number of aromatic nitrogens is 1. The molecule has 0 saturated heterocycles. The monoisotopic (exact) mass is 294 g/mol. The lowest BCUT2D eigenvalue weighted by Gasteiger charge is -2.10. The van der Waals surface area contributed by atoms with E-state index >= 15 is 0 Å². The second-order valence-electron chi connectivity index (χ2n) is 3.83. The van der Waals surface area contributed by atoms with Gasteiger partial charge in [-0.1, -0.05) is 0 Å². The molecule has 0 saturated carbocycles. The molecule has 0 aliphatic rings. The number of nitrogens with zero attached hydrogens (tertiary/aromatic N) is 1. The van der Waals surface area contributed by atoms with E-state index in [0.717, 1.165) is 0 Å². The lowest BCUT2D eigenvalue weighted by atomic mass is 10.3. The van der Waals surface area contributed by atoms with Gasteiger partial charge < -0.3 is 10.6 Å². The highest BCUT2D eigenvalue weighted by Crippen LogP contribution is 2.18. The molecule has 0 amide bonds. The average molecular weight is 294 g/mol. The van der Waals surface area contributed by atoms with Crippen LogP contribution in [-0.4, -0.2) is 32.2 Å². The highest BCUT2D eigenvalue weighted by molar-refractivity contribution is 7.89. The molecule has 0 atom stereocenters. The number of sulfonamides is 1. The third-order valence-corrected chi connectivity index (χ3v) is 3.03. The van der Waals surface area contributed by atoms with Gasteiger partial charge in [-0.2, -0.15) is 0 Å². The van der Waals surface area contributed by atoms with Crippen molar-refractivity contribution in [2.24, 2.45) is 5.14 Å². The Morgan fingerprint density at radius 1 is 1.26 bits per heavy atom. The van der Waals surface area contributed by atoms with Crippen molar-refractivity contribution >= 4 is 21.7 Å². The lowest BCUT2D eigenvalue weighted by Crippen LogP contribution is -2.19. The Morgan fingerprint density at radius 2 is 1.84 bits per heavy atom. The van der Waals surface area contributed by atoms with Crippen LogP contribution in [-0.2, 0) is 10.0 Å². The molecule has 1 aromatic heterocycles. The van der Waals surface area contributed by atoms with Gasteiger partial charge in [0.05, 0.1) is 5.75 Å². The highest BCUT2D eigenvalue weighted by Gasteiger charge is 2.11. The number of rotatable bonds is 7. The SMILES string of the molecule is CCNc1nc(NCCCS(N)(=O)=O)c(F)cc1F. The molecule has 108 valence electrons. The van der Waals surface area contributed by atoms with Crippen LogP contribution in [0.3, 0.4) is 0 Å². The summed E-state index contributed by atoms with van der Waals surface area (Å²) in [5, 5.41) is 10.1. The second-order valence-corrected chi connectivity index (χ2v) is 5.56. The number of anilines is 2. The molecule has 0 bridgehead atoms. The Hall–Kier alpha value is -1.48. The van der Waals surface area contributed by atoms with Crippen molar-refractivity contribution in [1.29, 1.82) is 0 Å². The topological polar surface area (TPSA) is 97.1 Å². The molecular weight excluding hydrogens is 278 g/mol. The Balaban J connectivity index is 2.65. The van der Waals surface area contributed by atoms with E-state index in [0.29, 0.717) is 12.6 Å². The molecule has 1 aromatic rings. The number of pyridine rings is 1. The van der Waals surface area contributed by atoms with Crippen LogP contribution in [0.15, 0.2) is 6.07 Å². The summed E-state index contributed by atoms with van der Waals surface area (Å²) in [7, 11) is -3.54. The number of primary sulfonamides is 1. The summed E-state index contributed by atoms with van der Waals surface area (Å²) in [4.78, 5) is 3.74. The van der Waals surface area contributed by atoms with Crippen molar-refractivity contribution in [2.45, 2.75) is 13.3 Å². The number of nitrogens with two attached hydrogens (primary N) is 1. The van der Waals surface area contributed by atoms with Gasteiger partial charge in [-0.15, -0.1) is 0 Å². The molecule has 0 aliphatic carbocycles. The van der Waals surface area contributed by atoms with Crippen LogP contribution in [0.2, 0.25) is 0 Å². The summed E-state index contributed by atoms with van der Waals surface area (Å²) in [6.07, 6.45) is 0.202. The van der Waals surface area contributed by atoms with Crippen molar-refractivity contribution < 1.29 is 17.2 Å². The van der Waals surface area contributed by atoms with E-state index in [2.05, 4.69) is 15.6 Å². The van der Waals surface area contributed by atoms with Gasteiger partial charge >= 0.3 is 0 Å². The molecule has 19 heavy (non-hydrogen) atoms. The summed E-state index contributed by atoms with van der Waals surface area (Å²) < 4.78 is 48.1. The van der Waals surface area contributed by atoms with Gasteiger partial charge in [-0.05, 0) is 13.3 Å². The Morgan fingerprint density at radius 3 is 2.37 bits per heavy atom. The van der Waals surface area contributed by atoms with Crippen LogP contribution >= 0.6 is 0 Å². The minimum absolute atomic E-state index is 0.0575. The van der Waals surface area contributed by atoms with E-state index < -0.39 is 21.7 Å². The Bertz CT molecular complexity index is 537. The average Bonchev–Trinajstić information content (AvgIpc) is 2.28. The van der Waals surface area contributed by atoms with Gasteiger partial charge in [0.2, 0.25) is 10.0 Å². The lowest BCUT2D eigenvalue weighted by molar-refractivity contribution is 0.578. The van der Waals surface area contributed by atoms with E-state index in [1.807, 2.05) is 0 Å². The second kappa shape index (κ2) is 6.62. The van der Waals surface area contributed by atoms with Crippen molar-refractivity contribution in [3.63, 3.8) is 0 Å². The predicted molar refractivity (Wildman–Crippen MR) is 69.4 cm³/mol. The van der Waals surface area contributed by atoms with E-state index in [4.69, 9.17) is 5.14 Å². The molecule has 4 N–H and O–H groups in total. The van der Waals surface area contributed by atoms with Crippen LogP contribution in [0.4, 0.5) is 20.4 Å². The number of halogens is 2. The fourth-order valence-electron chi connectivity index (χ4n) is 1.36. The minimum atomic E-state index is -3.54. The fraction of sp³-hybridized carbons (Fsp3) is 0.500. The number of hydrogen-bond donors (Lipinski definition) is 3. The van der Waals surface area contributed by atoms with Gasteiger partial charge in [-0.25, -0.2) is 27.3 Å². The van der Waals surface area contributed by atoms with Crippen molar-refractivity contribution in [2.75, 3.05) is 29.5 Å². The maximum Gasteiger partial charge on any atom is 0.209 e. The first-order valence-corrected chi connectivity index (χ1v) is 7.39. The van der Waals surface area contributed by atoms with E-state index in [9.17, 15) is 17.2 Å².